The fourth-order valence-corrected chi connectivity index (χ4v) is 2.65. The summed E-state index contributed by atoms with van der Waals surface area (Å²) in [5.41, 5.74) is 0.0534. The zero-order valence-corrected chi connectivity index (χ0v) is 11.9. The van der Waals surface area contributed by atoms with Gasteiger partial charge >= 0.3 is 5.97 Å². The third-order valence-electron chi connectivity index (χ3n) is 3.60. The highest BCUT2D eigenvalue weighted by Gasteiger charge is 2.28. The summed E-state index contributed by atoms with van der Waals surface area (Å²) in [6.45, 7) is 3.85. The Morgan fingerprint density at radius 2 is 2.30 bits per heavy atom. The number of rotatable bonds is 3. The van der Waals surface area contributed by atoms with Crippen LogP contribution in [0, 0.1) is 5.82 Å². The van der Waals surface area contributed by atoms with Gasteiger partial charge in [0.2, 0.25) is 0 Å². The monoisotopic (exact) mass is 281 g/mol. The van der Waals surface area contributed by atoms with E-state index in [1.165, 1.54) is 19.2 Å². The summed E-state index contributed by atoms with van der Waals surface area (Å²) in [5, 5.41) is 10.0. The number of nitrogens with zero attached hydrogens (tertiary/aromatic N) is 1. The van der Waals surface area contributed by atoms with Crippen molar-refractivity contribution in [3.63, 3.8) is 0 Å². The standard InChI is InChI=1S/C15H20FNO3/c1-15(19)6-3-7-17(10-15)9-11-4-5-12(13(16)8-11)14(18)20-2/h4-5,8,19H,3,6-7,9-10H2,1-2H3. The second-order valence-electron chi connectivity index (χ2n) is 5.62. The van der Waals surface area contributed by atoms with E-state index in [-0.39, 0.29) is 5.56 Å². The molecule has 0 amide bonds. The number of β-amino-alcohol motifs (C(OH)–C–C–N with tert-alkyl or cyclic N) is 1. The van der Waals surface area contributed by atoms with Crippen molar-refractivity contribution in [2.45, 2.75) is 31.9 Å². The van der Waals surface area contributed by atoms with Crippen LogP contribution in [0.4, 0.5) is 4.39 Å². The van der Waals surface area contributed by atoms with Crippen LogP contribution < -0.4 is 0 Å². The molecule has 1 fully saturated rings. The number of piperidine rings is 1. The molecule has 1 N–H and O–H groups in total. The largest absolute Gasteiger partial charge is 0.465 e. The van der Waals surface area contributed by atoms with Gasteiger partial charge in [-0.3, -0.25) is 4.90 Å². The average molecular weight is 281 g/mol. The number of carbonyl (C=O) groups is 1. The zero-order chi connectivity index (χ0) is 14.8. The molecule has 0 bridgehead atoms. The third-order valence-corrected chi connectivity index (χ3v) is 3.60. The molecule has 1 unspecified atom stereocenters. The maximum Gasteiger partial charge on any atom is 0.340 e. The summed E-state index contributed by atoms with van der Waals surface area (Å²) in [6.07, 6.45) is 1.72. The number of aliphatic hydroxyl groups is 1. The van der Waals surface area contributed by atoms with Crippen molar-refractivity contribution >= 4 is 5.97 Å². The van der Waals surface area contributed by atoms with Crippen molar-refractivity contribution in [1.82, 2.24) is 4.90 Å². The summed E-state index contributed by atoms with van der Waals surface area (Å²) in [7, 11) is 1.23. The lowest BCUT2D eigenvalue weighted by Crippen LogP contribution is -2.45. The molecule has 0 aromatic heterocycles. The lowest BCUT2D eigenvalue weighted by atomic mass is 9.95. The zero-order valence-electron chi connectivity index (χ0n) is 11.9. The molecular weight excluding hydrogens is 261 g/mol. The minimum Gasteiger partial charge on any atom is -0.465 e. The van der Waals surface area contributed by atoms with Gasteiger partial charge in [-0.15, -0.1) is 0 Å². The highest BCUT2D eigenvalue weighted by molar-refractivity contribution is 5.89. The van der Waals surface area contributed by atoms with E-state index < -0.39 is 17.4 Å². The molecule has 0 saturated carbocycles. The molecule has 1 aromatic rings. The Morgan fingerprint density at radius 3 is 2.90 bits per heavy atom. The topological polar surface area (TPSA) is 49.8 Å². The van der Waals surface area contributed by atoms with Crippen molar-refractivity contribution in [3.8, 4) is 0 Å². The van der Waals surface area contributed by atoms with Gasteiger partial charge in [-0.25, -0.2) is 9.18 Å². The van der Waals surface area contributed by atoms with Crippen molar-refractivity contribution in [2.24, 2.45) is 0 Å². The Labute approximate surface area is 118 Å². The highest BCUT2D eigenvalue weighted by atomic mass is 19.1. The molecule has 0 radical (unpaired) electrons. The van der Waals surface area contributed by atoms with Gasteiger partial charge in [0, 0.05) is 13.1 Å². The van der Waals surface area contributed by atoms with Crippen LogP contribution in [0.3, 0.4) is 0 Å². The van der Waals surface area contributed by atoms with Crippen LogP contribution in [-0.2, 0) is 11.3 Å². The van der Waals surface area contributed by atoms with Gasteiger partial charge < -0.3 is 9.84 Å². The Balaban J connectivity index is 2.07. The minimum atomic E-state index is -0.678. The SMILES string of the molecule is COC(=O)c1ccc(CN2CCCC(C)(O)C2)cc1F. The van der Waals surface area contributed by atoms with E-state index in [0.717, 1.165) is 24.9 Å². The Morgan fingerprint density at radius 1 is 1.55 bits per heavy atom. The number of methoxy groups -OCH3 is 1. The summed E-state index contributed by atoms with van der Waals surface area (Å²) in [6, 6.07) is 4.52. The van der Waals surface area contributed by atoms with Crippen molar-refractivity contribution in [3.05, 3.63) is 35.1 Å². The fourth-order valence-electron chi connectivity index (χ4n) is 2.65. The van der Waals surface area contributed by atoms with E-state index in [0.29, 0.717) is 13.1 Å². The predicted molar refractivity (Wildman–Crippen MR) is 72.9 cm³/mol. The van der Waals surface area contributed by atoms with Crippen molar-refractivity contribution in [1.29, 1.82) is 0 Å². The lowest BCUT2D eigenvalue weighted by molar-refractivity contribution is -0.0181. The molecule has 1 aromatic carbocycles. The van der Waals surface area contributed by atoms with Crippen molar-refractivity contribution in [2.75, 3.05) is 20.2 Å². The summed E-state index contributed by atoms with van der Waals surface area (Å²) in [4.78, 5) is 13.4. The first-order valence-electron chi connectivity index (χ1n) is 6.73. The first-order chi connectivity index (χ1) is 9.41. The molecule has 0 spiro atoms. The van der Waals surface area contributed by atoms with E-state index in [9.17, 15) is 14.3 Å². The predicted octanol–water partition coefficient (Wildman–Crippen LogP) is 1.96. The van der Waals surface area contributed by atoms with E-state index >= 15 is 0 Å². The van der Waals surface area contributed by atoms with Crippen molar-refractivity contribution < 1.29 is 19.0 Å². The van der Waals surface area contributed by atoms with Crippen LogP contribution in [0.25, 0.3) is 0 Å². The quantitative estimate of drug-likeness (QED) is 0.861. The fraction of sp³-hybridized carbons (Fsp3) is 0.533. The van der Waals surface area contributed by atoms with Crippen LogP contribution in [0.2, 0.25) is 0 Å². The maximum atomic E-state index is 13.8. The third kappa shape index (κ3) is 3.55. The number of benzene rings is 1. The number of hydrogen-bond acceptors (Lipinski definition) is 4. The molecule has 4 nitrogen and oxygen atoms in total. The van der Waals surface area contributed by atoms with Gasteiger partial charge in [0.15, 0.2) is 0 Å². The second kappa shape index (κ2) is 5.89. The molecule has 5 heteroatoms. The number of hydrogen-bond donors (Lipinski definition) is 1. The Kier molecular flexibility index (Phi) is 4.40. The van der Waals surface area contributed by atoms with Crippen LogP contribution in [0.5, 0.6) is 0 Å². The van der Waals surface area contributed by atoms with Gasteiger partial charge in [-0.05, 0) is 44.0 Å². The van der Waals surface area contributed by atoms with E-state index in [1.807, 2.05) is 6.92 Å². The molecular formula is C15H20FNO3. The molecule has 1 aliphatic rings. The first kappa shape index (κ1) is 14.9. The number of ether oxygens (including phenoxy) is 1. The summed E-state index contributed by atoms with van der Waals surface area (Å²) < 4.78 is 18.3. The molecule has 2 rings (SSSR count). The molecule has 1 heterocycles. The van der Waals surface area contributed by atoms with Gasteiger partial charge in [0.05, 0.1) is 18.3 Å². The molecule has 110 valence electrons. The van der Waals surface area contributed by atoms with Gasteiger partial charge in [-0.2, -0.15) is 0 Å². The van der Waals surface area contributed by atoms with E-state index in [2.05, 4.69) is 9.64 Å². The molecule has 20 heavy (non-hydrogen) atoms. The number of likely N-dealkylation sites (tertiary alicyclic amines) is 1. The minimum absolute atomic E-state index is 0.0538. The normalized spacial score (nSPS) is 23.6. The van der Waals surface area contributed by atoms with Crippen LogP contribution in [0.1, 0.15) is 35.7 Å². The van der Waals surface area contributed by atoms with Crippen LogP contribution >= 0.6 is 0 Å². The number of esters is 1. The second-order valence-corrected chi connectivity index (χ2v) is 5.62. The molecule has 0 aliphatic carbocycles. The molecule has 1 aliphatic heterocycles. The van der Waals surface area contributed by atoms with Crippen LogP contribution in [0.15, 0.2) is 18.2 Å². The molecule has 1 atom stereocenters. The average Bonchev–Trinajstić information content (AvgIpc) is 2.37. The first-order valence-corrected chi connectivity index (χ1v) is 6.73. The number of carbonyl (C=O) groups excluding carboxylic acids is 1. The lowest BCUT2D eigenvalue weighted by Gasteiger charge is -2.36. The Bertz CT molecular complexity index is 502. The van der Waals surface area contributed by atoms with E-state index in [1.54, 1.807) is 6.07 Å². The summed E-state index contributed by atoms with van der Waals surface area (Å²) in [5.74, 6) is -1.24. The van der Waals surface area contributed by atoms with Gasteiger partial charge in [-0.1, -0.05) is 6.07 Å². The summed E-state index contributed by atoms with van der Waals surface area (Å²) >= 11 is 0. The molecule has 1 saturated heterocycles. The van der Waals surface area contributed by atoms with E-state index in [4.69, 9.17) is 0 Å². The van der Waals surface area contributed by atoms with Gasteiger partial charge in [0.25, 0.3) is 0 Å². The van der Waals surface area contributed by atoms with Crippen LogP contribution in [-0.4, -0.2) is 41.8 Å². The smallest absolute Gasteiger partial charge is 0.340 e. The van der Waals surface area contributed by atoms with Gasteiger partial charge in [0.1, 0.15) is 5.82 Å². The highest BCUT2D eigenvalue weighted by Crippen LogP contribution is 2.22. The number of halogens is 1. The maximum absolute atomic E-state index is 13.8. The Hall–Kier alpha value is -1.46.